The van der Waals surface area contributed by atoms with Crippen LogP contribution in [0.2, 0.25) is 0 Å². The van der Waals surface area contributed by atoms with E-state index in [-0.39, 0.29) is 11.8 Å². The van der Waals surface area contributed by atoms with Crippen molar-refractivity contribution < 1.29 is 4.79 Å². The van der Waals surface area contributed by atoms with Crippen LogP contribution in [0.1, 0.15) is 61.9 Å². The fraction of sp³-hybridized carbons (Fsp3) is 0.667. The molecule has 1 aromatic carbocycles. The lowest BCUT2D eigenvalue weighted by atomic mass is 9.83. The van der Waals surface area contributed by atoms with Crippen LogP contribution in [0.4, 0.5) is 5.69 Å². The van der Waals surface area contributed by atoms with E-state index < -0.39 is 0 Å². The first-order chi connectivity index (χ1) is 11.6. The van der Waals surface area contributed by atoms with Crippen molar-refractivity contribution in [3.63, 3.8) is 0 Å². The van der Waals surface area contributed by atoms with Crippen LogP contribution in [-0.2, 0) is 6.42 Å². The second-order valence-electron chi connectivity index (χ2n) is 8.28. The Labute approximate surface area is 145 Å². The summed E-state index contributed by atoms with van der Waals surface area (Å²) in [5.74, 6) is 2.86. The van der Waals surface area contributed by atoms with Gasteiger partial charge in [0.05, 0.1) is 6.04 Å². The molecule has 1 aliphatic heterocycles. The molecule has 4 rings (SSSR count). The molecule has 5 atom stereocenters. The number of Topliss-reactive ketones (excluding diaryl/α,β-unsaturated/α-hetero) is 1. The summed E-state index contributed by atoms with van der Waals surface area (Å²) in [5, 5.41) is 7.04. The molecule has 2 aliphatic carbocycles. The Morgan fingerprint density at radius 3 is 2.88 bits per heavy atom. The first-order valence-corrected chi connectivity index (χ1v) is 9.79. The summed E-state index contributed by atoms with van der Waals surface area (Å²) in [7, 11) is 0. The summed E-state index contributed by atoms with van der Waals surface area (Å²) in [6, 6.07) is 6.50. The molecule has 3 nitrogen and oxygen atoms in total. The van der Waals surface area contributed by atoms with E-state index >= 15 is 0 Å². The van der Waals surface area contributed by atoms with Gasteiger partial charge in [-0.1, -0.05) is 6.42 Å². The molecule has 5 unspecified atom stereocenters. The quantitative estimate of drug-likeness (QED) is 0.803. The third kappa shape index (κ3) is 2.99. The minimum atomic E-state index is -0.103. The smallest absolute Gasteiger partial charge is 0.179 e. The number of benzene rings is 1. The van der Waals surface area contributed by atoms with Crippen LogP contribution in [0.15, 0.2) is 18.2 Å². The highest BCUT2D eigenvalue weighted by atomic mass is 16.1. The van der Waals surface area contributed by atoms with Crippen molar-refractivity contribution in [2.45, 2.75) is 64.5 Å². The van der Waals surface area contributed by atoms with Gasteiger partial charge in [-0.3, -0.25) is 4.79 Å². The van der Waals surface area contributed by atoms with Gasteiger partial charge in [0.15, 0.2) is 5.78 Å². The van der Waals surface area contributed by atoms with Crippen LogP contribution in [0.3, 0.4) is 0 Å². The van der Waals surface area contributed by atoms with Gasteiger partial charge in [-0.15, -0.1) is 0 Å². The van der Waals surface area contributed by atoms with Gasteiger partial charge in [-0.05, 0) is 87.5 Å². The van der Waals surface area contributed by atoms with Gasteiger partial charge in [-0.25, -0.2) is 0 Å². The van der Waals surface area contributed by atoms with Crippen LogP contribution in [0, 0.1) is 17.8 Å². The molecule has 0 spiro atoms. The highest BCUT2D eigenvalue weighted by molar-refractivity contribution is 6.00. The maximum atomic E-state index is 12.9. The average molecular weight is 326 g/mol. The third-order valence-corrected chi connectivity index (χ3v) is 6.67. The van der Waals surface area contributed by atoms with Crippen molar-refractivity contribution in [1.29, 1.82) is 0 Å². The molecule has 0 saturated heterocycles. The lowest BCUT2D eigenvalue weighted by Gasteiger charge is -2.30. The second-order valence-corrected chi connectivity index (χ2v) is 8.28. The summed E-state index contributed by atoms with van der Waals surface area (Å²) < 4.78 is 0. The molecule has 2 saturated carbocycles. The third-order valence-electron chi connectivity index (χ3n) is 6.67. The predicted octanol–water partition coefficient (Wildman–Crippen LogP) is 4.03. The SMILES string of the molecule is CC(NC(C)C1CC2CCC1C2)C(=O)c1ccc2c(c1)CCCN2. The van der Waals surface area contributed by atoms with Gasteiger partial charge in [-0.2, -0.15) is 0 Å². The summed E-state index contributed by atoms with van der Waals surface area (Å²) in [4.78, 5) is 12.9. The van der Waals surface area contributed by atoms with Crippen LogP contribution in [0.25, 0.3) is 0 Å². The van der Waals surface area contributed by atoms with Gasteiger partial charge in [0, 0.05) is 23.8 Å². The van der Waals surface area contributed by atoms with Crippen LogP contribution < -0.4 is 10.6 Å². The zero-order chi connectivity index (χ0) is 16.7. The lowest BCUT2D eigenvalue weighted by molar-refractivity contribution is 0.0934. The number of hydrogen-bond donors (Lipinski definition) is 2. The number of carbonyl (C=O) groups is 1. The van der Waals surface area contributed by atoms with Crippen molar-refractivity contribution in [3.8, 4) is 0 Å². The van der Waals surface area contributed by atoms with E-state index in [1.165, 1.54) is 36.9 Å². The minimum absolute atomic E-state index is 0.103. The van der Waals surface area contributed by atoms with Gasteiger partial charge in [0.1, 0.15) is 0 Å². The van der Waals surface area contributed by atoms with E-state index in [0.717, 1.165) is 42.7 Å². The zero-order valence-electron chi connectivity index (χ0n) is 15.0. The number of fused-ring (bicyclic) bond motifs is 3. The fourth-order valence-corrected chi connectivity index (χ4v) is 5.38. The number of hydrogen-bond acceptors (Lipinski definition) is 3. The summed E-state index contributed by atoms with van der Waals surface area (Å²) >= 11 is 0. The van der Waals surface area contributed by atoms with E-state index in [4.69, 9.17) is 0 Å². The number of nitrogens with one attached hydrogen (secondary N) is 2. The maximum absolute atomic E-state index is 12.9. The van der Waals surface area contributed by atoms with Gasteiger partial charge < -0.3 is 10.6 Å². The van der Waals surface area contributed by atoms with Crippen molar-refractivity contribution in [3.05, 3.63) is 29.3 Å². The first-order valence-electron chi connectivity index (χ1n) is 9.79. The number of rotatable bonds is 5. The molecule has 1 heterocycles. The van der Waals surface area contributed by atoms with E-state index in [2.05, 4.69) is 29.7 Å². The Bertz CT molecular complexity index is 626. The van der Waals surface area contributed by atoms with Crippen LogP contribution in [0.5, 0.6) is 0 Å². The highest BCUT2D eigenvalue weighted by Crippen LogP contribution is 2.49. The monoisotopic (exact) mass is 326 g/mol. The molecule has 3 heteroatoms. The summed E-state index contributed by atoms with van der Waals surface area (Å²) in [6.07, 6.45) is 7.86. The average Bonchev–Trinajstić information content (AvgIpc) is 3.24. The standard InChI is InChI=1S/C21H30N2O/c1-13(19-11-15-5-6-16(19)10-15)23-14(2)21(24)18-7-8-20-17(12-18)4-3-9-22-20/h7-8,12-16,19,22-23H,3-6,9-11H2,1-2H3. The van der Waals surface area contributed by atoms with Crippen LogP contribution in [-0.4, -0.2) is 24.4 Å². The maximum Gasteiger partial charge on any atom is 0.179 e. The Morgan fingerprint density at radius 2 is 2.12 bits per heavy atom. The lowest BCUT2D eigenvalue weighted by Crippen LogP contribution is -2.44. The number of carbonyl (C=O) groups excluding carboxylic acids is 1. The van der Waals surface area contributed by atoms with Crippen molar-refractivity contribution in [1.82, 2.24) is 5.32 Å². The molecule has 0 amide bonds. The Kier molecular flexibility index (Phi) is 4.38. The van der Waals surface area contributed by atoms with Crippen molar-refractivity contribution >= 4 is 11.5 Å². The molecule has 0 aromatic heterocycles. The molecule has 0 radical (unpaired) electrons. The second kappa shape index (κ2) is 6.51. The Morgan fingerprint density at radius 1 is 1.25 bits per heavy atom. The molecule has 1 aromatic rings. The molecule has 3 aliphatic rings. The molecule has 2 N–H and O–H groups in total. The molecule has 2 fully saturated rings. The zero-order valence-corrected chi connectivity index (χ0v) is 15.0. The van der Waals surface area contributed by atoms with Gasteiger partial charge >= 0.3 is 0 Å². The topological polar surface area (TPSA) is 41.1 Å². The molecular weight excluding hydrogens is 296 g/mol. The predicted molar refractivity (Wildman–Crippen MR) is 98.6 cm³/mol. The van der Waals surface area contributed by atoms with E-state index in [0.29, 0.717) is 6.04 Å². The van der Waals surface area contributed by atoms with Crippen LogP contribution >= 0.6 is 0 Å². The number of anilines is 1. The Balaban J connectivity index is 1.40. The number of aryl methyl sites for hydroxylation is 1. The molecule has 130 valence electrons. The normalized spacial score (nSPS) is 30.5. The van der Waals surface area contributed by atoms with Gasteiger partial charge in [0.2, 0.25) is 0 Å². The molecular formula is C21H30N2O. The van der Waals surface area contributed by atoms with Crippen molar-refractivity contribution in [2.75, 3.05) is 11.9 Å². The Hall–Kier alpha value is -1.35. The largest absolute Gasteiger partial charge is 0.385 e. The van der Waals surface area contributed by atoms with E-state index in [9.17, 15) is 4.79 Å². The van der Waals surface area contributed by atoms with E-state index in [1.54, 1.807) is 0 Å². The molecule has 24 heavy (non-hydrogen) atoms. The minimum Gasteiger partial charge on any atom is -0.385 e. The van der Waals surface area contributed by atoms with E-state index in [1.807, 2.05) is 13.0 Å². The fourth-order valence-electron chi connectivity index (χ4n) is 5.38. The first kappa shape index (κ1) is 16.1. The highest BCUT2D eigenvalue weighted by Gasteiger charge is 2.42. The summed E-state index contributed by atoms with van der Waals surface area (Å²) in [5.41, 5.74) is 3.35. The number of ketones is 1. The van der Waals surface area contributed by atoms with Crippen molar-refractivity contribution in [2.24, 2.45) is 17.8 Å². The molecule has 2 bridgehead atoms. The van der Waals surface area contributed by atoms with Gasteiger partial charge in [0.25, 0.3) is 0 Å². The summed E-state index contributed by atoms with van der Waals surface area (Å²) in [6.45, 7) is 5.36.